The second-order valence-corrected chi connectivity index (χ2v) is 15.2. The Hall–Kier alpha value is -7.06. The summed E-state index contributed by atoms with van der Waals surface area (Å²) in [4.78, 5) is 53.7. The Morgan fingerprint density at radius 2 is 0.875 bits per heavy atom. The zero-order chi connectivity index (χ0) is 39.8. The first-order valence-corrected chi connectivity index (χ1v) is 18.4. The Bertz CT molecular complexity index is 2820. The summed E-state index contributed by atoms with van der Waals surface area (Å²) in [6.45, 7) is 1.33. The zero-order valence-corrected chi connectivity index (χ0v) is 29.9. The highest BCUT2D eigenvalue weighted by atomic mass is 32.2. The fourth-order valence-electron chi connectivity index (χ4n) is 6.97. The highest BCUT2D eigenvalue weighted by Crippen LogP contribution is 2.42. The predicted molar refractivity (Wildman–Crippen MR) is 203 cm³/mol. The average Bonchev–Trinajstić information content (AvgIpc) is 3.57. The van der Waals surface area contributed by atoms with Crippen molar-refractivity contribution in [3.8, 4) is 22.3 Å². The molecule has 0 bridgehead atoms. The first kappa shape index (κ1) is 35.9. The molecular weight excluding hydrogens is 746 g/mol. The Labute approximate surface area is 317 Å². The van der Waals surface area contributed by atoms with E-state index in [2.05, 4.69) is 0 Å². The predicted octanol–water partition coefficient (Wildman–Crippen LogP) is 7.95. The topological polar surface area (TPSA) is 161 Å². The number of rotatable bonds is 6. The van der Waals surface area contributed by atoms with Crippen molar-refractivity contribution < 1.29 is 40.8 Å². The zero-order valence-electron chi connectivity index (χ0n) is 29.1. The minimum Gasteiger partial charge on any atom is -0.399 e. The highest BCUT2D eigenvalue weighted by Gasteiger charge is 2.43. The number of hydrogen-bond donors (Lipinski definition) is 2. The van der Waals surface area contributed by atoms with Crippen molar-refractivity contribution in [3.05, 3.63) is 155 Å². The Morgan fingerprint density at radius 3 is 1.30 bits per heavy atom. The summed E-state index contributed by atoms with van der Waals surface area (Å²) >= 11 is 0. The number of alkyl halides is 3. The number of carbonyl (C=O) groups is 4. The van der Waals surface area contributed by atoms with Crippen LogP contribution >= 0.6 is 0 Å². The van der Waals surface area contributed by atoms with E-state index in [9.17, 15) is 40.8 Å². The number of sulfone groups is 1. The van der Waals surface area contributed by atoms with Crippen LogP contribution in [0.25, 0.3) is 22.3 Å². The molecule has 0 spiro atoms. The van der Waals surface area contributed by atoms with Crippen LogP contribution in [0.2, 0.25) is 0 Å². The molecule has 0 saturated heterocycles. The molecule has 14 heteroatoms. The van der Waals surface area contributed by atoms with Crippen LogP contribution in [0.5, 0.6) is 0 Å². The molecule has 0 fully saturated rings. The maximum atomic E-state index is 14.7. The van der Waals surface area contributed by atoms with Gasteiger partial charge in [0.25, 0.3) is 23.6 Å². The number of hydrogen-bond acceptors (Lipinski definition) is 8. The van der Waals surface area contributed by atoms with Gasteiger partial charge < -0.3 is 11.5 Å². The first-order chi connectivity index (χ1) is 26.5. The quantitative estimate of drug-likeness (QED) is 0.127. The van der Waals surface area contributed by atoms with Gasteiger partial charge in [-0.15, -0.1) is 0 Å². The van der Waals surface area contributed by atoms with Crippen molar-refractivity contribution in [1.82, 2.24) is 0 Å². The van der Waals surface area contributed by atoms with E-state index in [1.807, 2.05) is 0 Å². The average molecular weight is 773 g/mol. The third-order valence-electron chi connectivity index (χ3n) is 9.78. The minimum atomic E-state index is -5.24. The monoisotopic (exact) mass is 772 g/mol. The van der Waals surface area contributed by atoms with Crippen LogP contribution in [0.15, 0.2) is 131 Å². The van der Waals surface area contributed by atoms with E-state index in [4.69, 9.17) is 11.5 Å². The minimum absolute atomic E-state index is 0.0123. The third-order valence-corrected chi connectivity index (χ3v) is 11.8. The van der Waals surface area contributed by atoms with Crippen LogP contribution < -0.4 is 21.3 Å². The summed E-state index contributed by atoms with van der Waals surface area (Å²) in [5, 5.41) is 0. The van der Waals surface area contributed by atoms with E-state index >= 15 is 0 Å². The van der Waals surface area contributed by atoms with E-state index in [1.165, 1.54) is 37.3 Å². The number of amides is 4. The highest BCUT2D eigenvalue weighted by molar-refractivity contribution is 7.91. The van der Waals surface area contributed by atoms with Crippen molar-refractivity contribution >= 4 is 56.2 Å². The summed E-state index contributed by atoms with van der Waals surface area (Å²) in [5.41, 5.74) is 13.3. The molecule has 0 aromatic heterocycles. The molecule has 0 radical (unpaired) electrons. The number of carbonyl (C=O) groups excluding carboxylic acids is 4. The lowest BCUT2D eigenvalue weighted by molar-refractivity contribution is -0.139. The number of aryl methyl sites for hydroxylation is 1. The summed E-state index contributed by atoms with van der Waals surface area (Å²) in [6, 6.07) is 28.4. The number of nitrogens with zero attached hydrogens (tertiary/aromatic N) is 2. The van der Waals surface area contributed by atoms with E-state index < -0.39 is 60.7 Å². The van der Waals surface area contributed by atoms with E-state index in [0.717, 1.165) is 22.6 Å². The Kier molecular flexibility index (Phi) is 8.20. The molecule has 6 aromatic rings. The molecule has 8 rings (SSSR count). The lowest BCUT2D eigenvalue weighted by Gasteiger charge is -2.20. The molecule has 6 aromatic carbocycles. The molecule has 0 unspecified atom stereocenters. The molecule has 278 valence electrons. The third kappa shape index (κ3) is 5.78. The molecule has 56 heavy (non-hydrogen) atoms. The first-order valence-electron chi connectivity index (χ1n) is 16.9. The summed E-state index contributed by atoms with van der Waals surface area (Å²) in [5.74, 6) is -3.08. The lowest BCUT2D eigenvalue weighted by Crippen LogP contribution is -2.30. The molecule has 0 saturated carbocycles. The summed E-state index contributed by atoms with van der Waals surface area (Å²) in [6.07, 6.45) is -5.24. The normalized spacial score (nSPS) is 14.1. The van der Waals surface area contributed by atoms with E-state index in [0.29, 0.717) is 45.1 Å². The van der Waals surface area contributed by atoms with Gasteiger partial charge in [-0.25, -0.2) is 18.2 Å². The number of fused-ring (bicyclic) bond motifs is 2. The van der Waals surface area contributed by atoms with Gasteiger partial charge in [0.15, 0.2) is 0 Å². The van der Waals surface area contributed by atoms with Crippen molar-refractivity contribution in [2.24, 2.45) is 0 Å². The fraction of sp³-hybridized carbons (Fsp3) is 0.0476. The van der Waals surface area contributed by atoms with Crippen LogP contribution in [0.1, 0.15) is 52.6 Å². The van der Waals surface area contributed by atoms with Gasteiger partial charge in [0.2, 0.25) is 9.84 Å². The van der Waals surface area contributed by atoms with Crippen molar-refractivity contribution in [2.45, 2.75) is 22.9 Å². The number of halogens is 3. The van der Waals surface area contributed by atoms with Crippen LogP contribution in [-0.2, 0) is 16.0 Å². The van der Waals surface area contributed by atoms with Crippen molar-refractivity contribution in [2.75, 3.05) is 21.3 Å². The van der Waals surface area contributed by atoms with Crippen LogP contribution in [-0.4, -0.2) is 32.0 Å². The number of imide groups is 2. The van der Waals surface area contributed by atoms with Crippen molar-refractivity contribution in [3.63, 3.8) is 0 Å². The van der Waals surface area contributed by atoms with E-state index in [-0.39, 0.29) is 33.5 Å². The van der Waals surface area contributed by atoms with Crippen molar-refractivity contribution in [1.29, 1.82) is 0 Å². The largest absolute Gasteiger partial charge is 0.417 e. The van der Waals surface area contributed by atoms with Gasteiger partial charge in [-0.3, -0.25) is 19.2 Å². The number of anilines is 4. The maximum absolute atomic E-state index is 14.7. The molecule has 0 atom stereocenters. The van der Waals surface area contributed by atoms with Crippen LogP contribution in [0.3, 0.4) is 0 Å². The van der Waals surface area contributed by atoms with Gasteiger partial charge in [-0.2, -0.15) is 13.2 Å². The number of nitrogens with two attached hydrogens (primary N) is 2. The molecule has 10 nitrogen and oxygen atoms in total. The molecule has 0 aliphatic carbocycles. The van der Waals surface area contributed by atoms with Gasteiger partial charge in [-0.1, -0.05) is 36.4 Å². The van der Waals surface area contributed by atoms with Gasteiger partial charge >= 0.3 is 6.18 Å². The SMILES string of the molecule is Cc1cc(N2C(=O)c3ccc(-c4ccc(N)cc4)cc3C2=O)ccc1S(=O)(=O)c1ccc(N2C(=O)c3ccc(-c4ccc(N)cc4)cc3C2=O)cc1C(F)(F)F. The molecular formula is C42H27F3N4O6S. The number of benzene rings is 6. The lowest BCUT2D eigenvalue weighted by atomic mass is 10.00. The standard InChI is InChI=1S/C42H27F3N4O6S/c1-22-18-29(48-38(50)31-14-6-25(19-33(31)40(48)52)23-2-8-27(46)9-3-23)12-16-36(22)56(54,55)37-17-13-30(21-35(37)42(43,44)45)49-39(51)32-15-7-26(20-34(32)41(49)53)24-4-10-28(47)11-5-24/h2-21H,46-47H2,1H3. The van der Waals surface area contributed by atoms with Gasteiger partial charge in [-0.05, 0) is 120 Å². The fourth-order valence-corrected chi connectivity index (χ4v) is 8.64. The Morgan fingerprint density at radius 1 is 0.482 bits per heavy atom. The second-order valence-electron chi connectivity index (χ2n) is 13.3. The molecule has 2 aliphatic heterocycles. The van der Waals surface area contributed by atoms with Crippen LogP contribution in [0, 0.1) is 6.92 Å². The molecule has 2 aliphatic rings. The van der Waals surface area contributed by atoms with E-state index in [1.54, 1.807) is 66.7 Å². The second kappa shape index (κ2) is 12.8. The maximum Gasteiger partial charge on any atom is 0.417 e. The van der Waals surface area contributed by atoms with Crippen LogP contribution in [0.4, 0.5) is 35.9 Å². The smallest absolute Gasteiger partial charge is 0.399 e. The molecule has 4 N–H and O–H groups in total. The molecule has 4 amide bonds. The van der Waals surface area contributed by atoms with Gasteiger partial charge in [0, 0.05) is 11.4 Å². The molecule has 2 heterocycles. The summed E-state index contributed by atoms with van der Waals surface area (Å²) in [7, 11) is -4.92. The summed E-state index contributed by atoms with van der Waals surface area (Å²) < 4.78 is 72.0. The van der Waals surface area contributed by atoms with Gasteiger partial charge in [0.1, 0.15) is 0 Å². The number of nitrogen functional groups attached to an aromatic ring is 2. The Balaban J connectivity index is 1.10. The van der Waals surface area contributed by atoms with Gasteiger partial charge in [0.05, 0.1) is 49.0 Å².